The number of Topliss-reactive ketones (excluding diaryl/α,β-unsaturated/α-hetero) is 1. The van der Waals surface area contributed by atoms with Crippen LogP contribution in [-0.2, 0) is 6.61 Å². The normalized spacial score (nSPS) is 11.0. The van der Waals surface area contributed by atoms with Gasteiger partial charge in [-0.25, -0.2) is 0 Å². The number of hydrogen-bond donors (Lipinski definition) is 0. The Kier molecular flexibility index (Phi) is 5.63. The molecule has 3 rings (SSSR count). The van der Waals surface area contributed by atoms with Crippen LogP contribution < -0.4 is 15.3 Å². The molecule has 0 aliphatic heterocycles. The third kappa shape index (κ3) is 4.55. The van der Waals surface area contributed by atoms with E-state index in [-0.39, 0.29) is 5.78 Å². The van der Waals surface area contributed by atoms with Crippen LogP contribution in [0.25, 0.3) is 0 Å². The molecule has 25 heavy (non-hydrogen) atoms. The predicted molar refractivity (Wildman–Crippen MR) is 106 cm³/mol. The summed E-state index contributed by atoms with van der Waals surface area (Å²) >= 11 is 0. The van der Waals surface area contributed by atoms with Crippen LogP contribution >= 0.6 is 8.58 Å². The number of ketones is 1. The first-order valence-electron chi connectivity index (χ1n) is 8.28. The van der Waals surface area contributed by atoms with E-state index >= 15 is 0 Å². The van der Waals surface area contributed by atoms with Crippen molar-refractivity contribution in [2.75, 3.05) is 0 Å². The summed E-state index contributed by atoms with van der Waals surface area (Å²) in [6.07, 6.45) is 0. The lowest BCUT2D eigenvalue weighted by Crippen LogP contribution is -2.14. The molecule has 126 valence electrons. The Bertz CT molecular complexity index is 872. The van der Waals surface area contributed by atoms with Crippen LogP contribution in [0.3, 0.4) is 0 Å². The summed E-state index contributed by atoms with van der Waals surface area (Å²) in [7, 11) is 0.385. The predicted octanol–water partition coefficient (Wildman–Crippen LogP) is 4.41. The van der Waals surface area contributed by atoms with Crippen LogP contribution in [0.15, 0.2) is 72.8 Å². The summed E-state index contributed by atoms with van der Waals surface area (Å²) in [5.74, 6) is 0.980. The van der Waals surface area contributed by atoms with E-state index < -0.39 is 0 Å². The zero-order valence-electron chi connectivity index (χ0n) is 14.5. The fourth-order valence-electron chi connectivity index (χ4n) is 2.65. The number of rotatable bonds is 6. The summed E-state index contributed by atoms with van der Waals surface area (Å²) in [5, 5.41) is 2.19. The van der Waals surface area contributed by atoms with Crippen LogP contribution in [0.2, 0.25) is 0 Å². The highest BCUT2D eigenvalue weighted by Gasteiger charge is 2.11. The molecule has 0 amide bonds. The van der Waals surface area contributed by atoms with Gasteiger partial charge in [0.1, 0.15) is 12.4 Å². The van der Waals surface area contributed by atoms with Crippen molar-refractivity contribution in [3.63, 3.8) is 0 Å². The zero-order valence-corrected chi connectivity index (χ0v) is 15.5. The second kappa shape index (κ2) is 8.09. The number of benzene rings is 3. The molecule has 1 unspecified atom stereocenters. The molecule has 3 aromatic carbocycles. The molecule has 0 aromatic heterocycles. The second-order valence-electron chi connectivity index (χ2n) is 6.00. The Hall–Kier alpha value is -2.44. The molecule has 0 aliphatic carbocycles. The summed E-state index contributed by atoms with van der Waals surface area (Å²) in [4.78, 5) is 11.9. The highest BCUT2D eigenvalue weighted by molar-refractivity contribution is 7.56. The highest BCUT2D eigenvalue weighted by Crippen LogP contribution is 2.23. The lowest BCUT2D eigenvalue weighted by Gasteiger charge is -2.14. The fourth-order valence-corrected chi connectivity index (χ4v) is 4.09. The van der Waals surface area contributed by atoms with Crippen molar-refractivity contribution in [2.45, 2.75) is 20.5 Å². The van der Waals surface area contributed by atoms with Crippen LogP contribution in [-0.4, -0.2) is 5.78 Å². The maximum Gasteiger partial charge on any atom is 0.160 e. The minimum absolute atomic E-state index is 0.0995. The van der Waals surface area contributed by atoms with Gasteiger partial charge < -0.3 is 4.74 Å². The maximum absolute atomic E-state index is 11.9. The van der Waals surface area contributed by atoms with Crippen molar-refractivity contribution in [3.8, 4) is 5.75 Å². The third-order valence-corrected chi connectivity index (χ3v) is 5.31. The number of carbonyl (C=O) groups is 1. The standard InChI is InChI=1S/C22H21O2P/c1-16-12-13-20(24-15-18-8-4-3-5-9-18)22(14-16)25-21-11-7-6-10-19(21)17(2)23/h3-14,25H,15H2,1-2H3. The largest absolute Gasteiger partial charge is 0.488 e. The number of carbonyl (C=O) groups excluding carboxylic acids is 1. The van der Waals surface area contributed by atoms with Gasteiger partial charge in [-0.3, -0.25) is 4.79 Å². The number of aryl methyl sites for hydroxylation is 1. The Morgan fingerprint density at radius 2 is 1.64 bits per heavy atom. The van der Waals surface area contributed by atoms with E-state index in [0.717, 1.165) is 27.5 Å². The van der Waals surface area contributed by atoms with Gasteiger partial charge >= 0.3 is 0 Å². The van der Waals surface area contributed by atoms with E-state index in [1.165, 1.54) is 5.56 Å². The third-order valence-electron chi connectivity index (χ3n) is 3.95. The first kappa shape index (κ1) is 17.4. The summed E-state index contributed by atoms with van der Waals surface area (Å²) in [6.45, 7) is 4.23. The quantitative estimate of drug-likeness (QED) is 0.487. The maximum atomic E-state index is 11.9. The van der Waals surface area contributed by atoms with Crippen molar-refractivity contribution in [1.29, 1.82) is 0 Å². The van der Waals surface area contributed by atoms with Gasteiger partial charge in [0.25, 0.3) is 0 Å². The summed E-state index contributed by atoms with van der Waals surface area (Å²) in [5.41, 5.74) is 3.12. The Morgan fingerprint density at radius 3 is 2.40 bits per heavy atom. The second-order valence-corrected chi connectivity index (χ2v) is 7.33. The molecular formula is C22H21O2P. The molecule has 0 saturated carbocycles. The van der Waals surface area contributed by atoms with E-state index in [1.807, 2.05) is 48.5 Å². The van der Waals surface area contributed by atoms with Crippen LogP contribution in [0.5, 0.6) is 5.75 Å². The molecule has 0 N–H and O–H groups in total. The first-order valence-corrected chi connectivity index (χ1v) is 9.28. The van der Waals surface area contributed by atoms with Crippen LogP contribution in [0, 0.1) is 6.92 Å². The Balaban J connectivity index is 1.86. The molecular weight excluding hydrogens is 327 g/mol. The van der Waals surface area contributed by atoms with E-state index in [4.69, 9.17) is 4.74 Å². The molecule has 0 spiro atoms. The monoisotopic (exact) mass is 348 g/mol. The Labute approximate surface area is 150 Å². The zero-order chi connectivity index (χ0) is 17.6. The van der Waals surface area contributed by atoms with Crippen LogP contribution in [0.4, 0.5) is 0 Å². The Morgan fingerprint density at radius 1 is 0.920 bits per heavy atom. The van der Waals surface area contributed by atoms with Crippen molar-refractivity contribution < 1.29 is 9.53 Å². The first-order chi connectivity index (χ1) is 12.1. The molecule has 3 heteroatoms. The minimum atomic E-state index is 0.0995. The average molecular weight is 348 g/mol. The van der Waals surface area contributed by atoms with Crippen molar-refractivity contribution in [3.05, 3.63) is 89.5 Å². The molecule has 0 fully saturated rings. The minimum Gasteiger partial charge on any atom is -0.488 e. The fraction of sp³-hybridized carbons (Fsp3) is 0.136. The van der Waals surface area contributed by atoms with Crippen LogP contribution in [0.1, 0.15) is 28.4 Å². The highest BCUT2D eigenvalue weighted by atomic mass is 31.1. The van der Waals surface area contributed by atoms with E-state index in [9.17, 15) is 4.79 Å². The van der Waals surface area contributed by atoms with Gasteiger partial charge in [0.05, 0.1) is 0 Å². The smallest absolute Gasteiger partial charge is 0.160 e. The van der Waals surface area contributed by atoms with Gasteiger partial charge in [-0.1, -0.05) is 74.8 Å². The molecule has 2 nitrogen and oxygen atoms in total. The average Bonchev–Trinajstić information content (AvgIpc) is 2.62. The number of ether oxygens (including phenoxy) is 1. The summed E-state index contributed by atoms with van der Waals surface area (Å²) in [6, 6.07) is 24.2. The van der Waals surface area contributed by atoms with Crippen molar-refractivity contribution in [2.24, 2.45) is 0 Å². The lowest BCUT2D eigenvalue weighted by atomic mass is 10.1. The molecule has 0 bridgehead atoms. The molecule has 3 aromatic rings. The molecule has 0 radical (unpaired) electrons. The van der Waals surface area contributed by atoms with Gasteiger partial charge in [0.2, 0.25) is 0 Å². The SMILES string of the molecule is CC(=O)c1ccccc1Pc1cc(C)ccc1OCc1ccccc1. The molecule has 0 aliphatic rings. The van der Waals surface area contributed by atoms with Gasteiger partial charge in [0.15, 0.2) is 5.78 Å². The van der Waals surface area contributed by atoms with E-state index in [2.05, 4.69) is 31.2 Å². The van der Waals surface area contributed by atoms with Crippen molar-refractivity contribution in [1.82, 2.24) is 0 Å². The van der Waals surface area contributed by atoms with Gasteiger partial charge in [-0.05, 0) is 36.8 Å². The number of hydrogen-bond acceptors (Lipinski definition) is 2. The van der Waals surface area contributed by atoms with E-state index in [0.29, 0.717) is 15.2 Å². The van der Waals surface area contributed by atoms with Gasteiger partial charge in [-0.15, -0.1) is 0 Å². The summed E-state index contributed by atoms with van der Waals surface area (Å²) < 4.78 is 6.07. The van der Waals surface area contributed by atoms with Crippen molar-refractivity contribution >= 4 is 25.0 Å². The molecule has 1 atom stereocenters. The van der Waals surface area contributed by atoms with Gasteiger partial charge in [0, 0.05) is 10.9 Å². The van der Waals surface area contributed by atoms with E-state index in [1.54, 1.807) is 6.92 Å². The lowest BCUT2D eigenvalue weighted by molar-refractivity contribution is 0.101. The van der Waals surface area contributed by atoms with Gasteiger partial charge in [-0.2, -0.15) is 0 Å². The molecule has 0 saturated heterocycles. The molecule has 0 heterocycles. The topological polar surface area (TPSA) is 26.3 Å².